The van der Waals surface area contributed by atoms with Crippen LogP contribution in [0.15, 0.2) is 24.3 Å². The highest BCUT2D eigenvalue weighted by atomic mass is 16.5. The van der Waals surface area contributed by atoms with Gasteiger partial charge in [-0.1, -0.05) is 12.1 Å². The minimum Gasteiger partial charge on any atom is -0.485 e. The van der Waals surface area contributed by atoms with Crippen molar-refractivity contribution < 1.29 is 9.47 Å². The minimum absolute atomic E-state index is 0.213. The zero-order chi connectivity index (χ0) is 12.4. The highest BCUT2D eigenvalue weighted by Crippen LogP contribution is 2.28. The summed E-state index contributed by atoms with van der Waals surface area (Å²) in [5, 5.41) is 3.43. The molecule has 0 amide bonds. The summed E-state index contributed by atoms with van der Waals surface area (Å²) in [6.07, 6.45) is 1.35. The van der Waals surface area contributed by atoms with Crippen molar-refractivity contribution in [3.05, 3.63) is 24.3 Å². The number of hydrogen-bond acceptors (Lipinski definition) is 4. The van der Waals surface area contributed by atoms with E-state index in [1.807, 2.05) is 18.2 Å². The normalized spacial score (nSPS) is 26.6. The first kappa shape index (κ1) is 11.8. The van der Waals surface area contributed by atoms with Crippen molar-refractivity contribution in [2.24, 2.45) is 0 Å². The lowest BCUT2D eigenvalue weighted by Crippen LogP contribution is -2.44. The van der Waals surface area contributed by atoms with Crippen LogP contribution >= 0.6 is 0 Å². The molecule has 3 rings (SSSR count). The molecule has 4 nitrogen and oxygen atoms in total. The number of nitrogens with one attached hydrogen (secondary N) is 1. The standard InChI is InChI=1S/C14H20N2O2/c1-16(11-6-7-17-10-11)9-12-8-15-13-4-2-3-5-14(13)18-12/h2-5,11-12,15H,6-10H2,1H3. The number of para-hydroxylation sites is 2. The molecule has 0 spiro atoms. The van der Waals surface area contributed by atoms with E-state index in [9.17, 15) is 0 Å². The number of anilines is 1. The summed E-state index contributed by atoms with van der Waals surface area (Å²) >= 11 is 0. The number of ether oxygens (including phenoxy) is 2. The van der Waals surface area contributed by atoms with E-state index in [-0.39, 0.29) is 6.10 Å². The van der Waals surface area contributed by atoms with Crippen molar-refractivity contribution in [2.75, 3.05) is 38.7 Å². The summed E-state index contributed by atoms with van der Waals surface area (Å²) in [7, 11) is 2.16. The largest absolute Gasteiger partial charge is 0.485 e. The third-order valence-electron chi connectivity index (χ3n) is 3.72. The van der Waals surface area contributed by atoms with Gasteiger partial charge in [-0.25, -0.2) is 0 Å². The van der Waals surface area contributed by atoms with E-state index in [0.717, 1.165) is 44.2 Å². The van der Waals surface area contributed by atoms with E-state index in [1.54, 1.807) is 0 Å². The number of likely N-dealkylation sites (N-methyl/N-ethyl adjacent to an activating group) is 1. The molecule has 4 heteroatoms. The molecule has 1 aromatic rings. The van der Waals surface area contributed by atoms with E-state index >= 15 is 0 Å². The van der Waals surface area contributed by atoms with Crippen LogP contribution in [0.2, 0.25) is 0 Å². The third kappa shape index (κ3) is 2.44. The molecule has 18 heavy (non-hydrogen) atoms. The Morgan fingerprint density at radius 1 is 1.39 bits per heavy atom. The van der Waals surface area contributed by atoms with E-state index in [0.29, 0.717) is 6.04 Å². The molecule has 0 bridgehead atoms. The number of nitrogens with zero attached hydrogens (tertiary/aromatic N) is 1. The van der Waals surface area contributed by atoms with Crippen LogP contribution in [0.5, 0.6) is 5.75 Å². The quantitative estimate of drug-likeness (QED) is 0.880. The number of hydrogen-bond donors (Lipinski definition) is 1. The first-order chi connectivity index (χ1) is 8.83. The van der Waals surface area contributed by atoms with Crippen LogP contribution in [-0.4, -0.2) is 50.4 Å². The van der Waals surface area contributed by atoms with Gasteiger partial charge in [-0.3, -0.25) is 4.90 Å². The molecule has 1 saturated heterocycles. The predicted octanol–water partition coefficient (Wildman–Crippen LogP) is 1.58. The first-order valence-electron chi connectivity index (χ1n) is 6.60. The van der Waals surface area contributed by atoms with Crippen LogP contribution in [0, 0.1) is 0 Å². The Kier molecular flexibility index (Phi) is 3.39. The number of benzene rings is 1. The van der Waals surface area contributed by atoms with Crippen LogP contribution < -0.4 is 10.1 Å². The molecule has 1 aromatic carbocycles. The molecular formula is C14H20N2O2. The Labute approximate surface area is 108 Å². The molecule has 98 valence electrons. The fraction of sp³-hybridized carbons (Fsp3) is 0.571. The highest BCUT2D eigenvalue weighted by Gasteiger charge is 2.25. The van der Waals surface area contributed by atoms with Crippen molar-refractivity contribution in [1.29, 1.82) is 0 Å². The van der Waals surface area contributed by atoms with Crippen molar-refractivity contribution in [1.82, 2.24) is 4.90 Å². The van der Waals surface area contributed by atoms with Crippen LogP contribution in [0.1, 0.15) is 6.42 Å². The van der Waals surface area contributed by atoms with Crippen molar-refractivity contribution in [2.45, 2.75) is 18.6 Å². The number of rotatable bonds is 3. The summed E-state index contributed by atoms with van der Waals surface area (Å²) in [4.78, 5) is 2.35. The van der Waals surface area contributed by atoms with Crippen molar-refractivity contribution in [3.8, 4) is 5.75 Å². The van der Waals surface area contributed by atoms with E-state index in [2.05, 4.69) is 23.3 Å². The van der Waals surface area contributed by atoms with Crippen LogP contribution in [0.4, 0.5) is 5.69 Å². The third-order valence-corrected chi connectivity index (χ3v) is 3.72. The second kappa shape index (κ2) is 5.16. The summed E-state index contributed by atoms with van der Waals surface area (Å²) in [5.74, 6) is 0.963. The molecule has 2 heterocycles. The number of fused-ring (bicyclic) bond motifs is 1. The van der Waals surface area contributed by atoms with Crippen molar-refractivity contribution in [3.63, 3.8) is 0 Å². The zero-order valence-electron chi connectivity index (χ0n) is 10.8. The van der Waals surface area contributed by atoms with Gasteiger partial charge in [0.1, 0.15) is 11.9 Å². The van der Waals surface area contributed by atoms with Gasteiger partial charge < -0.3 is 14.8 Å². The Hall–Kier alpha value is -1.26. The van der Waals surface area contributed by atoms with Crippen molar-refractivity contribution >= 4 is 5.69 Å². The summed E-state index contributed by atoms with van der Waals surface area (Å²) in [5.41, 5.74) is 1.10. The summed E-state index contributed by atoms with van der Waals surface area (Å²) in [6.45, 7) is 3.55. The molecule has 2 aliphatic rings. The fourth-order valence-electron chi connectivity index (χ4n) is 2.60. The van der Waals surface area contributed by atoms with Gasteiger partial charge in [-0.15, -0.1) is 0 Å². The van der Waals surface area contributed by atoms with E-state index in [4.69, 9.17) is 9.47 Å². The SMILES string of the molecule is CN(CC1CNc2ccccc2O1)C1CCOC1. The molecule has 0 aliphatic carbocycles. The maximum Gasteiger partial charge on any atom is 0.142 e. The maximum atomic E-state index is 6.02. The van der Waals surface area contributed by atoms with Crippen LogP contribution in [0.25, 0.3) is 0 Å². The molecule has 1 N–H and O–H groups in total. The Bertz CT molecular complexity index is 405. The average Bonchev–Trinajstić information content (AvgIpc) is 2.92. The molecule has 0 saturated carbocycles. The Balaban J connectivity index is 1.59. The molecule has 2 atom stereocenters. The smallest absolute Gasteiger partial charge is 0.142 e. The molecule has 2 unspecified atom stereocenters. The van der Waals surface area contributed by atoms with Gasteiger partial charge >= 0.3 is 0 Å². The lowest BCUT2D eigenvalue weighted by Gasteiger charge is -2.32. The predicted molar refractivity (Wildman–Crippen MR) is 71.2 cm³/mol. The van der Waals surface area contributed by atoms with Gasteiger partial charge in [0.25, 0.3) is 0 Å². The summed E-state index contributed by atoms with van der Waals surface area (Å²) in [6, 6.07) is 8.66. The lowest BCUT2D eigenvalue weighted by atomic mass is 10.2. The second-order valence-electron chi connectivity index (χ2n) is 5.07. The average molecular weight is 248 g/mol. The molecule has 2 aliphatic heterocycles. The van der Waals surface area contributed by atoms with Gasteiger partial charge in [0.15, 0.2) is 0 Å². The minimum atomic E-state index is 0.213. The van der Waals surface area contributed by atoms with Gasteiger partial charge in [-0.05, 0) is 25.6 Å². The lowest BCUT2D eigenvalue weighted by molar-refractivity contribution is 0.112. The van der Waals surface area contributed by atoms with Gasteiger partial charge in [-0.2, -0.15) is 0 Å². The van der Waals surface area contributed by atoms with Gasteiger partial charge in [0.2, 0.25) is 0 Å². The maximum absolute atomic E-state index is 6.02. The summed E-state index contributed by atoms with van der Waals surface area (Å²) < 4.78 is 11.4. The molecular weight excluding hydrogens is 228 g/mol. The highest BCUT2D eigenvalue weighted by molar-refractivity contribution is 5.57. The van der Waals surface area contributed by atoms with Crippen LogP contribution in [0.3, 0.4) is 0 Å². The molecule has 0 aromatic heterocycles. The van der Waals surface area contributed by atoms with Crippen LogP contribution in [-0.2, 0) is 4.74 Å². The van der Waals surface area contributed by atoms with Gasteiger partial charge in [0, 0.05) is 19.2 Å². The first-order valence-corrected chi connectivity index (χ1v) is 6.60. The topological polar surface area (TPSA) is 33.7 Å². The van der Waals surface area contributed by atoms with E-state index in [1.165, 1.54) is 0 Å². The second-order valence-corrected chi connectivity index (χ2v) is 5.07. The Morgan fingerprint density at radius 3 is 3.11 bits per heavy atom. The molecule has 1 fully saturated rings. The van der Waals surface area contributed by atoms with Gasteiger partial charge in [0.05, 0.1) is 18.8 Å². The monoisotopic (exact) mass is 248 g/mol. The Morgan fingerprint density at radius 2 is 2.28 bits per heavy atom. The zero-order valence-corrected chi connectivity index (χ0v) is 10.8. The molecule has 0 radical (unpaired) electrons. The van der Waals surface area contributed by atoms with E-state index < -0.39 is 0 Å². The fourth-order valence-corrected chi connectivity index (χ4v) is 2.60.